The van der Waals surface area contributed by atoms with Gasteiger partial charge in [-0.3, -0.25) is 0 Å². The zero-order chi connectivity index (χ0) is 15.4. The van der Waals surface area contributed by atoms with Gasteiger partial charge in [-0.15, -0.1) is 0 Å². The Morgan fingerprint density at radius 3 is 2.33 bits per heavy atom. The van der Waals surface area contributed by atoms with Crippen molar-refractivity contribution in [3.63, 3.8) is 0 Å². The first-order valence-corrected chi connectivity index (χ1v) is 7.83. The predicted octanol–water partition coefficient (Wildman–Crippen LogP) is 4.54. The number of nitrogens with two attached hydrogens (primary N) is 1. The molecule has 2 aromatic rings. The van der Waals surface area contributed by atoms with Crippen molar-refractivity contribution in [1.82, 2.24) is 0 Å². The lowest BCUT2D eigenvalue weighted by Gasteiger charge is -2.17. The topological polar surface area (TPSA) is 57.6 Å². The highest BCUT2D eigenvalue weighted by Crippen LogP contribution is 2.38. The van der Waals surface area contributed by atoms with E-state index in [9.17, 15) is 0 Å². The molecule has 2 rings (SSSR count). The number of hydrogen-bond donors (Lipinski definition) is 1. The molecule has 1 atom stereocenters. The first-order valence-electron chi connectivity index (χ1n) is 6.66. The smallest absolute Gasteiger partial charge is 0.193 e. The SMILES string of the molecule is CCOc1cc(Br)c(C(N)c2ccc(Cl)o2)cc1OCC. The molecule has 1 unspecified atom stereocenters. The second kappa shape index (κ2) is 7.20. The predicted molar refractivity (Wildman–Crippen MR) is 86.2 cm³/mol. The van der Waals surface area contributed by atoms with Crippen molar-refractivity contribution in [1.29, 1.82) is 0 Å². The number of halogens is 2. The maximum atomic E-state index is 6.24. The third kappa shape index (κ3) is 3.73. The van der Waals surface area contributed by atoms with Gasteiger partial charge in [-0.2, -0.15) is 0 Å². The number of rotatable bonds is 6. The zero-order valence-corrected chi connectivity index (χ0v) is 14.2. The largest absolute Gasteiger partial charge is 0.490 e. The van der Waals surface area contributed by atoms with E-state index in [-0.39, 0.29) is 0 Å². The summed E-state index contributed by atoms with van der Waals surface area (Å²) in [6, 6.07) is 6.70. The Balaban J connectivity index is 2.40. The van der Waals surface area contributed by atoms with E-state index in [2.05, 4.69) is 15.9 Å². The molecule has 114 valence electrons. The molecule has 0 aliphatic heterocycles. The van der Waals surface area contributed by atoms with Gasteiger partial charge in [0.15, 0.2) is 16.7 Å². The minimum absolute atomic E-state index is 0.313. The Morgan fingerprint density at radius 1 is 1.19 bits per heavy atom. The molecule has 0 aliphatic rings. The van der Waals surface area contributed by atoms with Crippen LogP contribution in [-0.4, -0.2) is 13.2 Å². The monoisotopic (exact) mass is 373 g/mol. The van der Waals surface area contributed by atoms with E-state index in [1.54, 1.807) is 12.1 Å². The first kappa shape index (κ1) is 16.2. The van der Waals surface area contributed by atoms with E-state index in [1.807, 2.05) is 26.0 Å². The maximum absolute atomic E-state index is 6.24. The standard InChI is InChI=1S/C15H17BrClNO3/c1-3-19-12-7-9(10(16)8-13(12)20-4-2)15(18)11-5-6-14(17)21-11/h5-8,15H,3-4,18H2,1-2H3. The minimum Gasteiger partial charge on any atom is -0.490 e. The van der Waals surface area contributed by atoms with E-state index < -0.39 is 6.04 Å². The fraction of sp³-hybridized carbons (Fsp3) is 0.333. The molecular formula is C15H17BrClNO3. The molecule has 1 aromatic heterocycles. The summed E-state index contributed by atoms with van der Waals surface area (Å²) >= 11 is 9.32. The van der Waals surface area contributed by atoms with Crippen molar-refractivity contribution in [2.24, 2.45) is 5.73 Å². The van der Waals surface area contributed by atoms with Crippen LogP contribution in [0, 0.1) is 0 Å². The average Bonchev–Trinajstić information content (AvgIpc) is 2.88. The molecule has 0 radical (unpaired) electrons. The van der Waals surface area contributed by atoms with Crippen LogP contribution in [0.3, 0.4) is 0 Å². The molecule has 0 bridgehead atoms. The molecule has 21 heavy (non-hydrogen) atoms. The quantitative estimate of drug-likeness (QED) is 0.806. The lowest BCUT2D eigenvalue weighted by atomic mass is 10.0. The fourth-order valence-electron chi connectivity index (χ4n) is 1.97. The molecule has 0 saturated carbocycles. The molecule has 1 aromatic carbocycles. The van der Waals surface area contributed by atoms with Crippen LogP contribution in [0.4, 0.5) is 0 Å². The van der Waals surface area contributed by atoms with Gasteiger partial charge >= 0.3 is 0 Å². The summed E-state index contributed by atoms with van der Waals surface area (Å²) in [7, 11) is 0. The van der Waals surface area contributed by atoms with Crippen LogP contribution < -0.4 is 15.2 Å². The first-order chi connectivity index (χ1) is 10.1. The third-order valence-corrected chi connectivity index (χ3v) is 3.79. The molecule has 1 heterocycles. The summed E-state index contributed by atoms with van der Waals surface area (Å²) in [5, 5.41) is 0.313. The van der Waals surface area contributed by atoms with Crippen LogP contribution in [0.5, 0.6) is 11.5 Å². The minimum atomic E-state index is -0.443. The summed E-state index contributed by atoms with van der Waals surface area (Å²) in [4.78, 5) is 0. The Hall–Kier alpha value is -1.17. The summed E-state index contributed by atoms with van der Waals surface area (Å²) < 4.78 is 17.4. The second-order valence-corrected chi connectivity index (χ2v) is 5.53. The number of ether oxygens (including phenoxy) is 2. The molecule has 0 aliphatic carbocycles. The van der Waals surface area contributed by atoms with Gasteiger partial charge in [0.2, 0.25) is 0 Å². The van der Waals surface area contributed by atoms with Crippen molar-refractivity contribution < 1.29 is 13.9 Å². The highest BCUT2D eigenvalue weighted by atomic mass is 79.9. The Kier molecular flexibility index (Phi) is 5.56. The summed E-state index contributed by atoms with van der Waals surface area (Å²) in [6.07, 6.45) is 0. The van der Waals surface area contributed by atoms with E-state index in [0.717, 1.165) is 10.0 Å². The van der Waals surface area contributed by atoms with Crippen LogP contribution in [0.2, 0.25) is 5.22 Å². The number of benzene rings is 1. The normalized spacial score (nSPS) is 12.2. The lowest BCUT2D eigenvalue weighted by molar-refractivity contribution is 0.287. The summed E-state index contributed by atoms with van der Waals surface area (Å²) in [5.41, 5.74) is 7.08. The highest BCUT2D eigenvalue weighted by Gasteiger charge is 2.19. The van der Waals surface area contributed by atoms with Gasteiger partial charge < -0.3 is 19.6 Å². The van der Waals surface area contributed by atoms with Gasteiger partial charge in [0, 0.05) is 4.47 Å². The molecule has 0 amide bonds. The molecule has 6 heteroatoms. The van der Waals surface area contributed by atoms with Gasteiger partial charge in [-0.1, -0.05) is 15.9 Å². The molecule has 0 saturated heterocycles. The highest BCUT2D eigenvalue weighted by molar-refractivity contribution is 9.10. The van der Waals surface area contributed by atoms with Gasteiger partial charge in [-0.05, 0) is 55.3 Å². The molecule has 0 spiro atoms. The average molecular weight is 375 g/mol. The van der Waals surface area contributed by atoms with Crippen LogP contribution in [0.15, 0.2) is 33.2 Å². The lowest BCUT2D eigenvalue weighted by Crippen LogP contribution is -2.12. The van der Waals surface area contributed by atoms with E-state index in [4.69, 9.17) is 31.2 Å². The van der Waals surface area contributed by atoms with E-state index in [1.165, 1.54) is 0 Å². The van der Waals surface area contributed by atoms with Crippen LogP contribution >= 0.6 is 27.5 Å². The van der Waals surface area contributed by atoms with E-state index >= 15 is 0 Å². The molecule has 4 nitrogen and oxygen atoms in total. The summed E-state index contributed by atoms with van der Waals surface area (Å²) in [6.45, 7) is 4.95. The van der Waals surface area contributed by atoms with Crippen molar-refractivity contribution in [3.8, 4) is 11.5 Å². The van der Waals surface area contributed by atoms with E-state index in [0.29, 0.717) is 35.7 Å². The van der Waals surface area contributed by atoms with Crippen molar-refractivity contribution >= 4 is 27.5 Å². The van der Waals surface area contributed by atoms with Gasteiger partial charge in [0.1, 0.15) is 5.76 Å². The summed E-state index contributed by atoms with van der Waals surface area (Å²) in [5.74, 6) is 1.93. The Bertz CT molecular complexity index is 615. The number of hydrogen-bond acceptors (Lipinski definition) is 4. The van der Waals surface area contributed by atoms with Gasteiger partial charge in [0.05, 0.1) is 19.3 Å². The van der Waals surface area contributed by atoms with Crippen molar-refractivity contribution in [2.75, 3.05) is 13.2 Å². The second-order valence-electron chi connectivity index (χ2n) is 4.31. The van der Waals surface area contributed by atoms with Gasteiger partial charge in [0.25, 0.3) is 0 Å². The van der Waals surface area contributed by atoms with Crippen LogP contribution in [0.25, 0.3) is 0 Å². The molecule has 0 fully saturated rings. The molecule has 2 N–H and O–H groups in total. The Labute approximate surface area is 137 Å². The van der Waals surface area contributed by atoms with Crippen LogP contribution in [0.1, 0.15) is 31.2 Å². The van der Waals surface area contributed by atoms with Crippen LogP contribution in [-0.2, 0) is 0 Å². The van der Waals surface area contributed by atoms with Crippen molar-refractivity contribution in [2.45, 2.75) is 19.9 Å². The third-order valence-electron chi connectivity index (χ3n) is 2.90. The van der Waals surface area contributed by atoms with Gasteiger partial charge in [-0.25, -0.2) is 0 Å². The number of furan rings is 1. The van der Waals surface area contributed by atoms with Crippen molar-refractivity contribution in [3.05, 3.63) is 45.3 Å². The maximum Gasteiger partial charge on any atom is 0.193 e. The fourth-order valence-corrected chi connectivity index (χ4v) is 2.70. The Morgan fingerprint density at radius 2 is 1.81 bits per heavy atom. The molecular weight excluding hydrogens is 358 g/mol. The zero-order valence-electron chi connectivity index (χ0n) is 11.9.